The predicted octanol–water partition coefficient (Wildman–Crippen LogP) is 4.82. The van der Waals surface area contributed by atoms with Crippen molar-refractivity contribution in [1.82, 2.24) is 4.98 Å². The second kappa shape index (κ2) is 5.43. The van der Waals surface area contributed by atoms with Gasteiger partial charge in [-0.1, -0.05) is 18.1 Å². The number of aromatic amines is 1. The van der Waals surface area contributed by atoms with E-state index in [2.05, 4.69) is 32.7 Å². The van der Waals surface area contributed by atoms with Crippen LogP contribution in [0.15, 0.2) is 22.3 Å². The minimum Gasteiger partial charge on any atom is -0.361 e. The van der Waals surface area contributed by atoms with Crippen molar-refractivity contribution in [3.05, 3.63) is 44.8 Å². The molecular weight excluding hydrogens is 246 g/mol. The molecule has 0 aromatic carbocycles. The maximum absolute atomic E-state index is 11.7. The largest absolute Gasteiger partial charge is 0.361 e. The lowest BCUT2D eigenvalue weighted by Crippen LogP contribution is -1.97. The Morgan fingerprint density at radius 2 is 1.85 bits per heavy atom. The molecule has 0 bridgehead atoms. The molecule has 0 spiro atoms. The van der Waals surface area contributed by atoms with Gasteiger partial charge in [0.2, 0.25) is 0 Å². The van der Waals surface area contributed by atoms with Gasteiger partial charge in [-0.3, -0.25) is 4.79 Å². The average molecular weight is 271 g/mol. The molecule has 0 saturated heterocycles. The molecule has 20 heavy (non-hydrogen) atoms. The molecule has 1 aliphatic carbocycles. The van der Waals surface area contributed by atoms with Crippen LogP contribution in [-0.4, -0.2) is 10.8 Å². The van der Waals surface area contributed by atoms with Crippen LogP contribution in [0, 0.1) is 13.8 Å². The van der Waals surface area contributed by atoms with Crippen LogP contribution in [0.1, 0.15) is 67.8 Å². The van der Waals surface area contributed by atoms with Crippen molar-refractivity contribution in [3.8, 4) is 0 Å². The van der Waals surface area contributed by atoms with Crippen molar-refractivity contribution in [2.75, 3.05) is 0 Å². The summed E-state index contributed by atoms with van der Waals surface area (Å²) in [5.41, 5.74) is 10.2. The average Bonchev–Trinajstić information content (AvgIpc) is 2.78. The van der Waals surface area contributed by atoms with Gasteiger partial charge >= 0.3 is 0 Å². The lowest BCUT2D eigenvalue weighted by atomic mass is 9.98. The van der Waals surface area contributed by atoms with Gasteiger partial charge in [0.15, 0.2) is 5.78 Å². The molecule has 1 aromatic rings. The summed E-state index contributed by atoms with van der Waals surface area (Å²) in [5.74, 6) is 0.157. The first-order valence-corrected chi connectivity index (χ1v) is 7.43. The van der Waals surface area contributed by atoms with Gasteiger partial charge < -0.3 is 4.98 Å². The molecule has 2 heteroatoms. The Hall–Kier alpha value is -1.57. The molecular formula is C18H25NO. The number of rotatable bonds is 4. The highest BCUT2D eigenvalue weighted by Crippen LogP contribution is 2.36. The minimum atomic E-state index is 0.157. The van der Waals surface area contributed by atoms with Crippen LogP contribution >= 0.6 is 0 Å². The maximum atomic E-state index is 11.7. The number of nitrogens with one attached hydrogen (secondary N) is 1. The van der Waals surface area contributed by atoms with E-state index in [0.717, 1.165) is 36.1 Å². The van der Waals surface area contributed by atoms with E-state index in [-0.39, 0.29) is 5.78 Å². The van der Waals surface area contributed by atoms with Gasteiger partial charge in [0.05, 0.1) is 0 Å². The molecule has 0 amide bonds. The molecule has 0 fully saturated rings. The van der Waals surface area contributed by atoms with Crippen LogP contribution in [0.25, 0.3) is 0 Å². The standard InChI is InChI=1S/C18H25NO/c1-7-16-11(3)10(2)8-15(16)9-17-12(4)18(14(6)20)13(5)19-17/h19H,7-9H2,1-6H3. The second-order valence-electron chi connectivity index (χ2n) is 5.98. The van der Waals surface area contributed by atoms with Gasteiger partial charge in [0, 0.05) is 23.4 Å². The molecule has 2 nitrogen and oxygen atoms in total. The smallest absolute Gasteiger partial charge is 0.161 e. The van der Waals surface area contributed by atoms with E-state index in [9.17, 15) is 4.79 Å². The van der Waals surface area contributed by atoms with Gasteiger partial charge in [0.1, 0.15) is 0 Å². The number of carbonyl (C=O) groups is 1. The van der Waals surface area contributed by atoms with Gasteiger partial charge in [0.25, 0.3) is 0 Å². The molecule has 0 atom stereocenters. The van der Waals surface area contributed by atoms with Crippen LogP contribution in [0.3, 0.4) is 0 Å². The highest BCUT2D eigenvalue weighted by Gasteiger charge is 2.21. The number of carbonyl (C=O) groups excluding carboxylic acids is 1. The summed E-state index contributed by atoms with van der Waals surface area (Å²) in [7, 11) is 0. The first-order chi connectivity index (χ1) is 9.36. The molecule has 1 N–H and O–H groups in total. The van der Waals surface area contributed by atoms with E-state index >= 15 is 0 Å². The Labute approximate surface area is 122 Å². The fourth-order valence-electron chi connectivity index (χ4n) is 3.50. The third-order valence-corrected chi connectivity index (χ3v) is 4.63. The van der Waals surface area contributed by atoms with Crippen LogP contribution in [-0.2, 0) is 6.42 Å². The van der Waals surface area contributed by atoms with Crippen LogP contribution in [0.5, 0.6) is 0 Å². The lowest BCUT2D eigenvalue weighted by Gasteiger charge is -2.07. The number of allylic oxidation sites excluding steroid dienone is 4. The predicted molar refractivity (Wildman–Crippen MR) is 84.3 cm³/mol. The lowest BCUT2D eigenvalue weighted by molar-refractivity contribution is 0.101. The minimum absolute atomic E-state index is 0.157. The molecule has 0 radical (unpaired) electrons. The fourth-order valence-corrected chi connectivity index (χ4v) is 3.50. The number of Topliss-reactive ketones (excluding diaryl/α,β-unsaturated/α-hetero) is 1. The summed E-state index contributed by atoms with van der Waals surface area (Å²) in [6.07, 6.45) is 3.12. The Balaban J connectivity index is 2.35. The Bertz CT molecular complexity index is 626. The Morgan fingerprint density at radius 1 is 1.20 bits per heavy atom. The van der Waals surface area contributed by atoms with E-state index in [4.69, 9.17) is 0 Å². The van der Waals surface area contributed by atoms with Gasteiger partial charge in [-0.2, -0.15) is 0 Å². The van der Waals surface area contributed by atoms with E-state index in [1.165, 1.54) is 28.0 Å². The number of hydrogen-bond acceptors (Lipinski definition) is 1. The van der Waals surface area contributed by atoms with E-state index in [1.54, 1.807) is 6.92 Å². The van der Waals surface area contributed by atoms with Crippen molar-refractivity contribution in [1.29, 1.82) is 0 Å². The maximum Gasteiger partial charge on any atom is 0.161 e. The van der Waals surface area contributed by atoms with Gasteiger partial charge in [-0.05, 0) is 64.2 Å². The molecule has 1 aliphatic rings. The summed E-state index contributed by atoms with van der Waals surface area (Å²) in [6.45, 7) is 12.4. The molecule has 0 unspecified atom stereocenters. The molecule has 1 heterocycles. The summed E-state index contributed by atoms with van der Waals surface area (Å²) in [4.78, 5) is 15.1. The third kappa shape index (κ3) is 2.39. The van der Waals surface area contributed by atoms with Gasteiger partial charge in [-0.25, -0.2) is 0 Å². The Morgan fingerprint density at radius 3 is 2.35 bits per heavy atom. The Kier molecular flexibility index (Phi) is 4.03. The quantitative estimate of drug-likeness (QED) is 0.782. The van der Waals surface area contributed by atoms with Crippen LogP contribution in [0.2, 0.25) is 0 Å². The zero-order chi connectivity index (χ0) is 15.0. The van der Waals surface area contributed by atoms with Crippen molar-refractivity contribution in [2.45, 2.75) is 60.8 Å². The number of H-pyrrole nitrogens is 1. The van der Waals surface area contributed by atoms with Crippen molar-refractivity contribution >= 4 is 5.78 Å². The van der Waals surface area contributed by atoms with Crippen molar-refractivity contribution in [2.24, 2.45) is 0 Å². The van der Waals surface area contributed by atoms with Crippen molar-refractivity contribution < 1.29 is 4.79 Å². The highest BCUT2D eigenvalue weighted by molar-refractivity contribution is 5.97. The molecule has 0 saturated carbocycles. The summed E-state index contributed by atoms with van der Waals surface area (Å²) >= 11 is 0. The normalized spacial score (nSPS) is 15.5. The first-order valence-electron chi connectivity index (χ1n) is 7.43. The highest BCUT2D eigenvalue weighted by atomic mass is 16.1. The zero-order valence-corrected chi connectivity index (χ0v) is 13.5. The molecule has 2 rings (SSSR count). The second-order valence-corrected chi connectivity index (χ2v) is 5.98. The first kappa shape index (κ1) is 14.8. The summed E-state index contributed by atoms with van der Waals surface area (Å²) < 4.78 is 0. The third-order valence-electron chi connectivity index (χ3n) is 4.63. The SMILES string of the molecule is CCC1=C(Cc2[nH]c(C)c(C(C)=O)c2C)CC(C)=C1C. The topological polar surface area (TPSA) is 32.9 Å². The van der Waals surface area contributed by atoms with E-state index in [0.29, 0.717) is 0 Å². The fraction of sp³-hybridized carbons (Fsp3) is 0.500. The monoisotopic (exact) mass is 271 g/mol. The number of hydrogen-bond donors (Lipinski definition) is 1. The van der Waals surface area contributed by atoms with Crippen LogP contribution < -0.4 is 0 Å². The summed E-state index contributed by atoms with van der Waals surface area (Å²) in [6, 6.07) is 0. The number of aromatic nitrogens is 1. The van der Waals surface area contributed by atoms with E-state index in [1.807, 2.05) is 6.92 Å². The van der Waals surface area contributed by atoms with Gasteiger partial charge in [-0.15, -0.1) is 0 Å². The molecule has 1 aromatic heterocycles. The van der Waals surface area contributed by atoms with Crippen LogP contribution in [0.4, 0.5) is 0 Å². The van der Waals surface area contributed by atoms with E-state index < -0.39 is 0 Å². The zero-order valence-electron chi connectivity index (χ0n) is 13.5. The summed E-state index contributed by atoms with van der Waals surface area (Å²) in [5, 5.41) is 0. The molecule has 0 aliphatic heterocycles. The van der Waals surface area contributed by atoms with Crippen molar-refractivity contribution in [3.63, 3.8) is 0 Å². The molecule has 108 valence electrons. The number of ketones is 1. The number of aryl methyl sites for hydroxylation is 1.